The molecule has 0 atom stereocenters. The average molecular weight is 209 g/mol. The van der Waals surface area contributed by atoms with Gasteiger partial charge in [-0.2, -0.15) is 5.10 Å². The van der Waals surface area contributed by atoms with E-state index in [0.717, 1.165) is 12.1 Å². The molecular weight excluding hydrogens is 190 g/mol. The number of aryl methyl sites for hydroxylation is 2. The van der Waals surface area contributed by atoms with E-state index in [1.54, 1.807) is 11.7 Å². The summed E-state index contributed by atoms with van der Waals surface area (Å²) in [6, 6.07) is 1.83. The first-order valence-electron chi connectivity index (χ1n) is 5.19. The Bertz CT molecular complexity index is 360. The molecule has 4 nitrogen and oxygen atoms in total. The Kier molecular flexibility index (Phi) is 3.17. The maximum atomic E-state index is 11.8. The number of nitrogens with one attached hydrogen (secondary N) is 1. The van der Waals surface area contributed by atoms with Crippen LogP contribution in [-0.2, 0) is 13.5 Å². The molecule has 1 aromatic heterocycles. The Morgan fingerprint density at radius 2 is 2.13 bits per heavy atom. The predicted molar refractivity (Wildman–Crippen MR) is 59.8 cm³/mol. The number of amides is 1. The van der Waals surface area contributed by atoms with Crippen LogP contribution < -0.4 is 5.32 Å². The molecule has 0 aliphatic rings. The number of hydrogen-bond donors (Lipinski definition) is 1. The van der Waals surface area contributed by atoms with Crippen molar-refractivity contribution in [2.45, 2.75) is 39.7 Å². The molecule has 0 fully saturated rings. The zero-order chi connectivity index (χ0) is 11.6. The van der Waals surface area contributed by atoms with Crippen LogP contribution in [0.2, 0.25) is 0 Å². The van der Waals surface area contributed by atoms with Gasteiger partial charge in [0.2, 0.25) is 0 Å². The van der Waals surface area contributed by atoms with Gasteiger partial charge < -0.3 is 5.32 Å². The summed E-state index contributed by atoms with van der Waals surface area (Å²) < 4.78 is 1.62. The van der Waals surface area contributed by atoms with Crippen molar-refractivity contribution in [1.82, 2.24) is 15.1 Å². The molecule has 0 aliphatic carbocycles. The maximum absolute atomic E-state index is 11.8. The van der Waals surface area contributed by atoms with Crippen molar-refractivity contribution in [3.8, 4) is 0 Å². The molecule has 0 aromatic carbocycles. The second-order valence-corrected chi connectivity index (χ2v) is 4.70. The number of hydrogen-bond acceptors (Lipinski definition) is 2. The van der Waals surface area contributed by atoms with Gasteiger partial charge in [0.1, 0.15) is 5.69 Å². The lowest BCUT2D eigenvalue weighted by Crippen LogP contribution is -2.41. The molecule has 0 aliphatic heterocycles. The van der Waals surface area contributed by atoms with Crippen LogP contribution in [-0.4, -0.2) is 21.2 Å². The molecule has 1 N–H and O–H groups in total. The van der Waals surface area contributed by atoms with Crippen LogP contribution >= 0.6 is 0 Å². The normalized spacial score (nSPS) is 11.5. The van der Waals surface area contributed by atoms with Crippen molar-refractivity contribution in [2.75, 3.05) is 0 Å². The minimum Gasteiger partial charge on any atom is -0.346 e. The highest BCUT2D eigenvalue weighted by Crippen LogP contribution is 2.06. The van der Waals surface area contributed by atoms with Crippen molar-refractivity contribution >= 4 is 5.91 Å². The highest BCUT2D eigenvalue weighted by Gasteiger charge is 2.18. The molecule has 4 heteroatoms. The van der Waals surface area contributed by atoms with Crippen LogP contribution in [0, 0.1) is 0 Å². The van der Waals surface area contributed by atoms with E-state index in [0.29, 0.717) is 5.69 Å². The minimum absolute atomic E-state index is 0.0720. The fraction of sp³-hybridized carbons (Fsp3) is 0.636. The summed E-state index contributed by atoms with van der Waals surface area (Å²) in [5.74, 6) is -0.0720. The first-order valence-corrected chi connectivity index (χ1v) is 5.19. The zero-order valence-corrected chi connectivity index (χ0v) is 10.1. The lowest BCUT2D eigenvalue weighted by molar-refractivity contribution is 0.0910. The highest BCUT2D eigenvalue weighted by molar-refractivity contribution is 5.93. The second-order valence-electron chi connectivity index (χ2n) is 4.70. The van der Waals surface area contributed by atoms with E-state index in [9.17, 15) is 4.79 Å². The maximum Gasteiger partial charge on any atom is 0.269 e. The Morgan fingerprint density at radius 1 is 1.53 bits per heavy atom. The van der Waals surface area contributed by atoms with Crippen LogP contribution in [0.5, 0.6) is 0 Å². The summed E-state index contributed by atoms with van der Waals surface area (Å²) in [5, 5.41) is 7.15. The van der Waals surface area contributed by atoms with Crippen molar-refractivity contribution in [3.63, 3.8) is 0 Å². The second kappa shape index (κ2) is 4.04. The molecule has 0 spiro atoms. The van der Waals surface area contributed by atoms with Crippen LogP contribution in [0.3, 0.4) is 0 Å². The van der Waals surface area contributed by atoms with Crippen LogP contribution in [0.15, 0.2) is 6.07 Å². The Balaban J connectivity index is 2.87. The van der Waals surface area contributed by atoms with Crippen molar-refractivity contribution in [2.24, 2.45) is 7.05 Å². The van der Waals surface area contributed by atoms with Crippen LogP contribution in [0.4, 0.5) is 0 Å². The van der Waals surface area contributed by atoms with Gasteiger partial charge in [-0.1, -0.05) is 6.92 Å². The van der Waals surface area contributed by atoms with Gasteiger partial charge in [0.05, 0.1) is 5.69 Å². The topological polar surface area (TPSA) is 46.9 Å². The number of nitrogens with zero attached hydrogens (tertiary/aromatic N) is 2. The summed E-state index contributed by atoms with van der Waals surface area (Å²) in [7, 11) is 1.79. The van der Waals surface area contributed by atoms with E-state index >= 15 is 0 Å². The smallest absolute Gasteiger partial charge is 0.269 e. The first-order chi connectivity index (χ1) is 6.83. The van der Waals surface area contributed by atoms with E-state index < -0.39 is 0 Å². The summed E-state index contributed by atoms with van der Waals surface area (Å²) >= 11 is 0. The fourth-order valence-corrected chi connectivity index (χ4v) is 1.32. The monoisotopic (exact) mass is 209 g/mol. The lowest BCUT2D eigenvalue weighted by atomic mass is 10.1. The van der Waals surface area contributed by atoms with Gasteiger partial charge in [-0.05, 0) is 33.3 Å². The number of rotatable bonds is 2. The van der Waals surface area contributed by atoms with Gasteiger partial charge in [-0.25, -0.2) is 0 Å². The molecule has 0 unspecified atom stereocenters. The van der Waals surface area contributed by atoms with Gasteiger partial charge >= 0.3 is 0 Å². The molecule has 1 rings (SSSR count). The minimum atomic E-state index is -0.215. The van der Waals surface area contributed by atoms with E-state index in [-0.39, 0.29) is 11.4 Å². The quantitative estimate of drug-likeness (QED) is 0.802. The average Bonchev–Trinajstić information content (AvgIpc) is 2.43. The highest BCUT2D eigenvalue weighted by atomic mass is 16.2. The third-order valence-corrected chi connectivity index (χ3v) is 2.01. The Labute approximate surface area is 90.7 Å². The van der Waals surface area contributed by atoms with Gasteiger partial charge in [0, 0.05) is 12.6 Å². The standard InChI is InChI=1S/C11H19N3O/c1-6-8-7-9(14(5)13-8)10(15)12-11(2,3)4/h7H,6H2,1-5H3,(H,12,15). The van der Waals surface area contributed by atoms with E-state index in [4.69, 9.17) is 0 Å². The summed E-state index contributed by atoms with van der Waals surface area (Å²) in [5.41, 5.74) is 1.34. The van der Waals surface area contributed by atoms with Gasteiger partial charge in [0.25, 0.3) is 5.91 Å². The Morgan fingerprint density at radius 3 is 2.53 bits per heavy atom. The number of aromatic nitrogens is 2. The predicted octanol–water partition coefficient (Wildman–Crippen LogP) is 1.51. The molecule has 1 heterocycles. The molecule has 0 saturated carbocycles. The van der Waals surface area contributed by atoms with Crippen LogP contribution in [0.25, 0.3) is 0 Å². The lowest BCUT2D eigenvalue weighted by Gasteiger charge is -2.20. The van der Waals surface area contributed by atoms with Gasteiger partial charge in [-0.15, -0.1) is 0 Å². The number of carbonyl (C=O) groups excluding carboxylic acids is 1. The zero-order valence-electron chi connectivity index (χ0n) is 10.1. The van der Waals surface area contributed by atoms with Crippen molar-refractivity contribution in [1.29, 1.82) is 0 Å². The molecule has 1 aromatic rings. The summed E-state index contributed by atoms with van der Waals surface area (Å²) in [6.45, 7) is 7.90. The van der Waals surface area contributed by atoms with E-state index in [1.165, 1.54) is 0 Å². The molecule has 0 bridgehead atoms. The molecule has 0 radical (unpaired) electrons. The van der Waals surface area contributed by atoms with Crippen molar-refractivity contribution in [3.05, 3.63) is 17.5 Å². The molecule has 1 amide bonds. The largest absolute Gasteiger partial charge is 0.346 e. The van der Waals surface area contributed by atoms with Gasteiger partial charge in [0.15, 0.2) is 0 Å². The van der Waals surface area contributed by atoms with E-state index in [2.05, 4.69) is 10.4 Å². The Hall–Kier alpha value is -1.32. The first kappa shape index (κ1) is 11.8. The van der Waals surface area contributed by atoms with E-state index in [1.807, 2.05) is 33.8 Å². The van der Waals surface area contributed by atoms with Crippen molar-refractivity contribution < 1.29 is 4.79 Å². The summed E-state index contributed by atoms with van der Waals surface area (Å²) in [4.78, 5) is 11.8. The third-order valence-electron chi connectivity index (χ3n) is 2.01. The molecule has 15 heavy (non-hydrogen) atoms. The third kappa shape index (κ3) is 3.08. The van der Waals surface area contributed by atoms with Gasteiger partial charge in [-0.3, -0.25) is 9.48 Å². The molecular formula is C11H19N3O. The number of carbonyl (C=O) groups is 1. The fourth-order valence-electron chi connectivity index (χ4n) is 1.32. The molecule has 0 saturated heterocycles. The SMILES string of the molecule is CCc1cc(C(=O)NC(C)(C)C)n(C)n1. The van der Waals surface area contributed by atoms with Crippen LogP contribution in [0.1, 0.15) is 43.9 Å². The molecule has 84 valence electrons. The summed E-state index contributed by atoms with van der Waals surface area (Å²) in [6.07, 6.45) is 0.844.